The van der Waals surface area contributed by atoms with Crippen LogP contribution in [-0.2, 0) is 0 Å². The maximum absolute atomic E-state index is 11.1. The van der Waals surface area contributed by atoms with Crippen molar-refractivity contribution in [1.82, 2.24) is 4.98 Å². The quantitative estimate of drug-likeness (QED) is 0.786. The highest BCUT2D eigenvalue weighted by atomic mass is 16.4. The van der Waals surface area contributed by atoms with E-state index in [1.165, 1.54) is 37.9 Å². The Morgan fingerprint density at radius 2 is 2.30 bits per heavy atom. The molecule has 1 aromatic heterocycles. The van der Waals surface area contributed by atoms with Gasteiger partial charge in [0.05, 0.1) is 17.4 Å². The summed E-state index contributed by atoms with van der Waals surface area (Å²) in [5.41, 5.74) is 5.94. The number of pyridine rings is 1. The monoisotopic (exact) mass is 275 g/mol. The zero-order chi connectivity index (χ0) is 14.3. The highest BCUT2D eigenvalue weighted by molar-refractivity contribution is 5.94. The molecule has 0 amide bonds. The molecule has 4 atom stereocenters. The number of fused-ring (bicyclic) bond motifs is 2. The van der Waals surface area contributed by atoms with E-state index in [4.69, 9.17) is 10.8 Å². The van der Waals surface area contributed by atoms with Gasteiger partial charge in [-0.15, -0.1) is 0 Å². The number of anilines is 2. The van der Waals surface area contributed by atoms with Crippen molar-refractivity contribution < 1.29 is 9.90 Å². The molecule has 2 fully saturated rings. The van der Waals surface area contributed by atoms with Gasteiger partial charge in [-0.3, -0.25) is 0 Å². The van der Waals surface area contributed by atoms with Crippen LogP contribution in [0, 0.1) is 17.8 Å². The van der Waals surface area contributed by atoms with Crippen molar-refractivity contribution in [2.24, 2.45) is 17.8 Å². The highest BCUT2D eigenvalue weighted by Crippen LogP contribution is 2.49. The van der Waals surface area contributed by atoms with Crippen LogP contribution in [-0.4, -0.2) is 22.1 Å². The van der Waals surface area contributed by atoms with E-state index in [0.717, 1.165) is 11.8 Å². The number of hydrogen-bond donors (Lipinski definition) is 3. The summed E-state index contributed by atoms with van der Waals surface area (Å²) < 4.78 is 0. The van der Waals surface area contributed by atoms with E-state index in [2.05, 4.69) is 17.2 Å². The Bertz CT molecular complexity index is 532. The van der Waals surface area contributed by atoms with E-state index in [0.29, 0.717) is 17.8 Å². The number of carboxylic acids is 1. The zero-order valence-corrected chi connectivity index (χ0v) is 11.7. The van der Waals surface area contributed by atoms with E-state index >= 15 is 0 Å². The number of nitrogen functional groups attached to an aromatic ring is 1. The second kappa shape index (κ2) is 4.96. The lowest BCUT2D eigenvalue weighted by Crippen LogP contribution is -2.30. The zero-order valence-electron chi connectivity index (χ0n) is 11.7. The molecule has 4 N–H and O–H groups in total. The predicted octanol–water partition coefficient (Wildman–Crippen LogP) is 2.60. The van der Waals surface area contributed by atoms with Gasteiger partial charge in [0, 0.05) is 6.04 Å². The van der Waals surface area contributed by atoms with Crippen LogP contribution in [0.15, 0.2) is 12.3 Å². The van der Waals surface area contributed by atoms with Crippen LogP contribution in [0.4, 0.5) is 11.5 Å². The van der Waals surface area contributed by atoms with Gasteiger partial charge in [-0.05, 0) is 50.0 Å². The van der Waals surface area contributed by atoms with Crippen LogP contribution >= 0.6 is 0 Å². The number of nitrogens with zero attached hydrogens (tertiary/aromatic N) is 1. The van der Waals surface area contributed by atoms with Crippen molar-refractivity contribution in [2.45, 2.75) is 38.6 Å². The van der Waals surface area contributed by atoms with Gasteiger partial charge in [-0.25, -0.2) is 9.78 Å². The molecule has 2 aliphatic carbocycles. The van der Waals surface area contributed by atoms with Gasteiger partial charge < -0.3 is 16.2 Å². The molecular formula is C15H21N3O2. The van der Waals surface area contributed by atoms with Crippen LogP contribution in [0.25, 0.3) is 0 Å². The summed E-state index contributed by atoms with van der Waals surface area (Å²) in [6, 6.07) is 1.85. The number of carbonyl (C=O) groups is 1. The summed E-state index contributed by atoms with van der Waals surface area (Å²) in [6.07, 6.45) is 6.80. The summed E-state index contributed by atoms with van der Waals surface area (Å²) in [5.74, 6) is 2.01. The number of hydrogen-bond acceptors (Lipinski definition) is 4. The number of nitrogens with one attached hydrogen (secondary N) is 1. The molecule has 0 saturated heterocycles. The summed E-state index contributed by atoms with van der Waals surface area (Å²) in [4.78, 5) is 15.3. The van der Waals surface area contributed by atoms with Crippen molar-refractivity contribution in [2.75, 3.05) is 11.1 Å². The molecular weight excluding hydrogens is 254 g/mol. The molecule has 0 spiro atoms. The molecule has 0 aromatic carbocycles. The van der Waals surface area contributed by atoms with Gasteiger partial charge >= 0.3 is 5.97 Å². The van der Waals surface area contributed by atoms with Crippen molar-refractivity contribution >= 4 is 17.5 Å². The molecule has 5 heteroatoms. The van der Waals surface area contributed by atoms with Gasteiger partial charge in [-0.2, -0.15) is 0 Å². The lowest BCUT2D eigenvalue weighted by molar-refractivity contribution is 0.0698. The van der Waals surface area contributed by atoms with E-state index < -0.39 is 5.97 Å². The van der Waals surface area contributed by atoms with Crippen LogP contribution in [0.1, 0.15) is 43.0 Å². The van der Waals surface area contributed by atoms with Crippen molar-refractivity contribution in [3.8, 4) is 0 Å². The van der Waals surface area contributed by atoms with Gasteiger partial charge in [0.25, 0.3) is 0 Å². The molecule has 0 radical (unpaired) electrons. The maximum Gasteiger partial charge on any atom is 0.337 e. The minimum atomic E-state index is -1.01. The Kier molecular flexibility index (Phi) is 3.28. The molecule has 2 saturated carbocycles. The lowest BCUT2D eigenvalue weighted by Gasteiger charge is -2.29. The number of nitrogens with two attached hydrogens (primary N) is 1. The summed E-state index contributed by atoms with van der Waals surface area (Å²) in [6.45, 7) is 2.17. The third-order valence-corrected chi connectivity index (χ3v) is 4.98. The van der Waals surface area contributed by atoms with Gasteiger partial charge in [0.15, 0.2) is 0 Å². The fourth-order valence-corrected chi connectivity index (χ4v) is 3.98. The van der Waals surface area contributed by atoms with Crippen LogP contribution in [0.5, 0.6) is 0 Å². The number of aromatic nitrogens is 1. The first kappa shape index (κ1) is 13.2. The molecule has 0 aliphatic heterocycles. The van der Waals surface area contributed by atoms with Crippen LogP contribution in [0.2, 0.25) is 0 Å². The third kappa shape index (κ3) is 2.32. The molecule has 20 heavy (non-hydrogen) atoms. The van der Waals surface area contributed by atoms with Gasteiger partial charge in [0.1, 0.15) is 5.82 Å². The van der Waals surface area contributed by atoms with Crippen molar-refractivity contribution in [3.05, 3.63) is 17.8 Å². The molecule has 4 unspecified atom stereocenters. The lowest BCUT2D eigenvalue weighted by atomic mass is 9.84. The Balaban J connectivity index is 1.71. The van der Waals surface area contributed by atoms with E-state index in [1.54, 1.807) is 0 Å². The Labute approximate surface area is 118 Å². The minimum Gasteiger partial charge on any atom is -0.478 e. The average Bonchev–Trinajstić information content (AvgIpc) is 3.03. The summed E-state index contributed by atoms with van der Waals surface area (Å²) in [5, 5.41) is 12.4. The highest BCUT2D eigenvalue weighted by Gasteiger charge is 2.41. The fraction of sp³-hybridized carbons (Fsp3) is 0.600. The largest absolute Gasteiger partial charge is 0.478 e. The molecule has 108 valence electrons. The van der Waals surface area contributed by atoms with Gasteiger partial charge in [0.2, 0.25) is 0 Å². The summed E-state index contributed by atoms with van der Waals surface area (Å²) in [7, 11) is 0. The first-order valence-corrected chi connectivity index (χ1v) is 7.30. The topological polar surface area (TPSA) is 88.2 Å². The van der Waals surface area contributed by atoms with E-state index in [-0.39, 0.29) is 11.3 Å². The smallest absolute Gasteiger partial charge is 0.337 e. The normalized spacial score (nSPS) is 29.4. The number of aromatic carboxylic acids is 1. The molecule has 2 bridgehead atoms. The molecule has 5 nitrogen and oxygen atoms in total. The Hall–Kier alpha value is -1.78. The first-order chi connectivity index (χ1) is 9.54. The van der Waals surface area contributed by atoms with Crippen LogP contribution < -0.4 is 11.1 Å². The second-order valence-corrected chi connectivity index (χ2v) is 6.23. The number of rotatable bonds is 4. The SMILES string of the molecule is CC(Nc1cc(C(=O)O)c(N)cn1)C1CC2CCC1C2. The first-order valence-electron chi connectivity index (χ1n) is 7.30. The standard InChI is InChI=1S/C15H21N3O2/c1-8(11-5-9-2-3-10(11)4-9)18-14-6-12(15(19)20)13(16)7-17-14/h6-11H,2-5,16H2,1H3,(H,17,18)(H,19,20). The Morgan fingerprint density at radius 1 is 1.50 bits per heavy atom. The van der Waals surface area contributed by atoms with E-state index in [1.807, 2.05) is 0 Å². The predicted molar refractivity (Wildman–Crippen MR) is 77.6 cm³/mol. The number of carboxylic acid groups (broad SMARTS) is 1. The minimum absolute atomic E-state index is 0.114. The second-order valence-electron chi connectivity index (χ2n) is 6.23. The Morgan fingerprint density at radius 3 is 2.90 bits per heavy atom. The van der Waals surface area contributed by atoms with Crippen LogP contribution in [0.3, 0.4) is 0 Å². The third-order valence-electron chi connectivity index (χ3n) is 4.98. The molecule has 3 rings (SSSR count). The van der Waals surface area contributed by atoms with Crippen molar-refractivity contribution in [1.29, 1.82) is 0 Å². The molecule has 2 aliphatic rings. The summed E-state index contributed by atoms with van der Waals surface area (Å²) >= 11 is 0. The average molecular weight is 275 g/mol. The van der Waals surface area contributed by atoms with Gasteiger partial charge in [-0.1, -0.05) is 6.42 Å². The fourth-order valence-electron chi connectivity index (χ4n) is 3.98. The van der Waals surface area contributed by atoms with Crippen molar-refractivity contribution in [3.63, 3.8) is 0 Å². The van der Waals surface area contributed by atoms with E-state index in [9.17, 15) is 4.79 Å². The maximum atomic E-state index is 11.1. The molecule has 1 heterocycles. The molecule has 1 aromatic rings.